The van der Waals surface area contributed by atoms with Gasteiger partial charge >= 0.3 is 5.97 Å². The summed E-state index contributed by atoms with van der Waals surface area (Å²) < 4.78 is 15.9. The second kappa shape index (κ2) is 10.2. The predicted molar refractivity (Wildman–Crippen MR) is 134 cm³/mol. The first-order chi connectivity index (χ1) is 17.0. The zero-order valence-corrected chi connectivity index (χ0v) is 20.7. The summed E-state index contributed by atoms with van der Waals surface area (Å²) in [6.07, 6.45) is 1.58. The van der Waals surface area contributed by atoms with E-state index in [4.69, 9.17) is 14.2 Å². The highest BCUT2D eigenvalue weighted by Crippen LogP contribution is 2.45. The molecular weight excluding hydrogens is 464 g/mol. The molecule has 1 N–H and O–H groups in total. The van der Waals surface area contributed by atoms with E-state index in [2.05, 4.69) is 11.4 Å². The van der Waals surface area contributed by atoms with Crippen LogP contribution in [0.25, 0.3) is 0 Å². The van der Waals surface area contributed by atoms with Crippen molar-refractivity contribution in [2.75, 3.05) is 26.1 Å². The number of fused-ring (bicyclic) bond motifs is 1. The molecular formula is C27H26N2O5S. The number of methoxy groups -OCH3 is 2. The molecule has 180 valence electrons. The molecule has 7 nitrogen and oxygen atoms in total. The minimum absolute atomic E-state index is 0.221. The number of thiophene rings is 1. The van der Waals surface area contributed by atoms with Gasteiger partial charge in [-0.2, -0.15) is 5.26 Å². The Hall–Kier alpha value is -3.83. The molecule has 0 saturated heterocycles. The number of hydrogen-bond acceptors (Lipinski definition) is 7. The number of ether oxygens (including phenoxy) is 3. The molecule has 0 radical (unpaired) electrons. The Morgan fingerprint density at radius 1 is 1.11 bits per heavy atom. The molecule has 1 aromatic heterocycles. The first kappa shape index (κ1) is 24.3. The van der Waals surface area contributed by atoms with Crippen LogP contribution in [0.1, 0.15) is 50.1 Å². The molecule has 1 atom stereocenters. The Bertz CT molecular complexity index is 1290. The summed E-state index contributed by atoms with van der Waals surface area (Å²) in [6, 6.07) is 17.1. The number of esters is 1. The van der Waals surface area contributed by atoms with E-state index in [1.165, 1.54) is 25.6 Å². The van der Waals surface area contributed by atoms with E-state index in [0.717, 1.165) is 16.0 Å². The number of anilines is 1. The van der Waals surface area contributed by atoms with Gasteiger partial charge in [-0.25, -0.2) is 4.79 Å². The number of carbonyl (C=O) groups excluding carboxylic acids is 2. The standard InChI is InChI=1S/C27H26N2O5S/c1-4-34-26(31)23-19-12-13-27(16-28,18-8-6-5-7-9-18)15-22(19)35-25(23)29-24(30)17-10-11-20(32-2)21(14-17)33-3/h5-11,14H,4,12-13,15H2,1-3H3,(H,29,30)/t27-/m0/s1. The van der Waals surface area contributed by atoms with Gasteiger partial charge < -0.3 is 19.5 Å². The molecule has 3 aromatic rings. The second-order valence-corrected chi connectivity index (χ2v) is 9.29. The van der Waals surface area contributed by atoms with Gasteiger partial charge in [0.25, 0.3) is 5.91 Å². The van der Waals surface area contributed by atoms with Gasteiger partial charge in [0.1, 0.15) is 5.00 Å². The first-order valence-electron chi connectivity index (χ1n) is 11.3. The summed E-state index contributed by atoms with van der Waals surface area (Å²) in [4.78, 5) is 27.0. The third kappa shape index (κ3) is 4.60. The van der Waals surface area contributed by atoms with E-state index in [9.17, 15) is 14.9 Å². The minimum atomic E-state index is -0.685. The maximum Gasteiger partial charge on any atom is 0.341 e. The van der Waals surface area contributed by atoms with Crippen LogP contribution >= 0.6 is 11.3 Å². The number of nitriles is 1. The molecule has 1 heterocycles. The van der Waals surface area contributed by atoms with Gasteiger partial charge in [0.05, 0.1) is 37.9 Å². The Kier molecular flexibility index (Phi) is 7.08. The van der Waals surface area contributed by atoms with Crippen molar-refractivity contribution in [2.45, 2.75) is 31.6 Å². The van der Waals surface area contributed by atoms with Crippen LogP contribution in [0.4, 0.5) is 5.00 Å². The number of nitrogens with one attached hydrogen (secondary N) is 1. The fraction of sp³-hybridized carbons (Fsp3) is 0.296. The zero-order chi connectivity index (χ0) is 25.0. The minimum Gasteiger partial charge on any atom is -0.493 e. The molecule has 4 rings (SSSR count). The molecule has 1 amide bonds. The normalized spacial score (nSPS) is 16.5. The van der Waals surface area contributed by atoms with Crippen molar-refractivity contribution in [3.8, 4) is 17.6 Å². The molecule has 0 spiro atoms. The van der Waals surface area contributed by atoms with Gasteiger partial charge in [0.2, 0.25) is 0 Å². The fourth-order valence-electron chi connectivity index (χ4n) is 4.44. The number of nitrogens with zero attached hydrogens (tertiary/aromatic N) is 1. The smallest absolute Gasteiger partial charge is 0.341 e. The van der Waals surface area contributed by atoms with Crippen LogP contribution in [-0.2, 0) is 23.0 Å². The van der Waals surface area contributed by atoms with Gasteiger partial charge in [-0.05, 0) is 49.1 Å². The van der Waals surface area contributed by atoms with Crippen molar-refractivity contribution in [3.63, 3.8) is 0 Å². The molecule has 1 aliphatic rings. The molecule has 0 bridgehead atoms. The summed E-state index contributed by atoms with van der Waals surface area (Å²) in [6.45, 7) is 1.97. The van der Waals surface area contributed by atoms with Gasteiger partial charge in [0.15, 0.2) is 11.5 Å². The number of benzene rings is 2. The van der Waals surface area contributed by atoms with Gasteiger partial charge in [-0.3, -0.25) is 4.79 Å². The van der Waals surface area contributed by atoms with Gasteiger partial charge in [-0.1, -0.05) is 30.3 Å². The summed E-state index contributed by atoms with van der Waals surface area (Å²) in [5, 5.41) is 13.5. The zero-order valence-electron chi connectivity index (χ0n) is 19.8. The van der Waals surface area contributed by atoms with E-state index >= 15 is 0 Å². The largest absolute Gasteiger partial charge is 0.493 e. The van der Waals surface area contributed by atoms with Crippen LogP contribution in [-0.4, -0.2) is 32.7 Å². The fourth-order valence-corrected chi connectivity index (χ4v) is 5.79. The average molecular weight is 491 g/mol. The van der Waals surface area contributed by atoms with Crippen LogP contribution in [0.5, 0.6) is 11.5 Å². The summed E-state index contributed by atoms with van der Waals surface area (Å²) in [7, 11) is 3.02. The Morgan fingerprint density at radius 2 is 1.86 bits per heavy atom. The van der Waals surface area contributed by atoms with E-state index < -0.39 is 11.4 Å². The molecule has 0 aliphatic heterocycles. The number of carbonyl (C=O) groups is 2. The van der Waals surface area contributed by atoms with E-state index in [-0.39, 0.29) is 12.5 Å². The molecule has 0 unspecified atom stereocenters. The molecule has 0 saturated carbocycles. The average Bonchev–Trinajstić information content (AvgIpc) is 3.25. The monoisotopic (exact) mass is 490 g/mol. The molecule has 1 aliphatic carbocycles. The Balaban J connectivity index is 1.71. The van der Waals surface area contributed by atoms with Crippen LogP contribution in [0, 0.1) is 11.3 Å². The molecule has 0 fully saturated rings. The third-order valence-corrected chi connectivity index (χ3v) is 7.39. The maximum atomic E-state index is 13.1. The quantitative estimate of drug-likeness (QED) is 0.460. The lowest BCUT2D eigenvalue weighted by Gasteiger charge is -2.31. The van der Waals surface area contributed by atoms with Crippen LogP contribution in [0.15, 0.2) is 48.5 Å². The van der Waals surface area contributed by atoms with Crippen molar-refractivity contribution < 1.29 is 23.8 Å². The molecule has 8 heteroatoms. The number of hydrogen-bond donors (Lipinski definition) is 1. The third-order valence-electron chi connectivity index (χ3n) is 6.25. The second-order valence-electron chi connectivity index (χ2n) is 8.19. The predicted octanol–water partition coefficient (Wildman–Crippen LogP) is 5.14. The van der Waals surface area contributed by atoms with Gasteiger partial charge in [-0.15, -0.1) is 11.3 Å². The van der Waals surface area contributed by atoms with Crippen LogP contribution in [0.3, 0.4) is 0 Å². The maximum absolute atomic E-state index is 13.1. The van der Waals surface area contributed by atoms with Crippen LogP contribution < -0.4 is 14.8 Å². The summed E-state index contributed by atoms with van der Waals surface area (Å²) >= 11 is 1.33. The topological polar surface area (TPSA) is 97.7 Å². The van der Waals surface area contributed by atoms with E-state index in [1.54, 1.807) is 25.1 Å². The number of amides is 1. The van der Waals surface area contributed by atoms with E-state index in [1.807, 2.05) is 30.3 Å². The van der Waals surface area contributed by atoms with Crippen molar-refractivity contribution in [1.82, 2.24) is 0 Å². The summed E-state index contributed by atoms with van der Waals surface area (Å²) in [5.74, 6) is 0.0796. The summed E-state index contributed by atoms with van der Waals surface area (Å²) in [5.41, 5.74) is 1.85. The molecule has 2 aromatic carbocycles. The van der Waals surface area contributed by atoms with E-state index in [0.29, 0.717) is 46.9 Å². The lowest BCUT2D eigenvalue weighted by atomic mass is 9.70. The van der Waals surface area contributed by atoms with Crippen molar-refractivity contribution in [1.29, 1.82) is 5.26 Å². The van der Waals surface area contributed by atoms with Gasteiger partial charge in [0, 0.05) is 16.9 Å². The first-order valence-corrected chi connectivity index (χ1v) is 12.1. The Labute approximate surface area is 208 Å². The highest BCUT2D eigenvalue weighted by Gasteiger charge is 2.40. The van der Waals surface area contributed by atoms with Crippen molar-refractivity contribution in [2.24, 2.45) is 0 Å². The highest BCUT2D eigenvalue weighted by atomic mass is 32.1. The molecule has 35 heavy (non-hydrogen) atoms. The number of rotatable bonds is 7. The lowest BCUT2D eigenvalue weighted by molar-refractivity contribution is 0.0526. The van der Waals surface area contributed by atoms with Crippen molar-refractivity contribution >= 4 is 28.2 Å². The Morgan fingerprint density at radius 3 is 2.51 bits per heavy atom. The van der Waals surface area contributed by atoms with Crippen LogP contribution in [0.2, 0.25) is 0 Å². The van der Waals surface area contributed by atoms with Crippen molar-refractivity contribution in [3.05, 3.63) is 75.7 Å². The highest BCUT2D eigenvalue weighted by molar-refractivity contribution is 7.17. The lowest BCUT2D eigenvalue weighted by Crippen LogP contribution is -2.31. The SMILES string of the molecule is CCOC(=O)c1c(NC(=O)c2ccc(OC)c(OC)c2)sc2c1CC[C@](C#N)(c1ccccc1)C2.